The van der Waals surface area contributed by atoms with Crippen molar-refractivity contribution in [2.24, 2.45) is 0 Å². The highest BCUT2D eigenvalue weighted by Gasteiger charge is 2.12. The maximum atomic E-state index is 12.3. The highest BCUT2D eigenvalue weighted by atomic mass is 16.5. The molecule has 0 N–H and O–H groups in total. The summed E-state index contributed by atoms with van der Waals surface area (Å²) in [6.07, 6.45) is 9.02. The van der Waals surface area contributed by atoms with Crippen molar-refractivity contribution in [3.8, 4) is 0 Å². The lowest BCUT2D eigenvalue weighted by molar-refractivity contribution is 0.0471. The first kappa shape index (κ1) is 24.2. The normalized spacial score (nSPS) is 10.3. The molecule has 0 amide bonds. The van der Waals surface area contributed by atoms with Crippen molar-refractivity contribution < 1.29 is 28.6 Å². The van der Waals surface area contributed by atoms with Gasteiger partial charge in [-0.3, -0.25) is 15.0 Å². The van der Waals surface area contributed by atoms with Gasteiger partial charge >= 0.3 is 17.9 Å². The molecular formula is C27H21N3O6. The van der Waals surface area contributed by atoms with Crippen LogP contribution >= 0.6 is 0 Å². The number of benzene rings is 1. The number of ether oxygens (including phenoxy) is 3. The van der Waals surface area contributed by atoms with Crippen LogP contribution in [0.4, 0.5) is 0 Å². The molecule has 0 fully saturated rings. The molecule has 4 rings (SSSR count). The molecule has 4 aromatic rings. The fourth-order valence-electron chi connectivity index (χ4n) is 3.25. The molecule has 0 saturated carbocycles. The van der Waals surface area contributed by atoms with E-state index in [0.717, 1.165) is 0 Å². The number of esters is 3. The Kier molecular flexibility index (Phi) is 8.06. The van der Waals surface area contributed by atoms with E-state index in [2.05, 4.69) is 15.0 Å². The van der Waals surface area contributed by atoms with E-state index >= 15 is 0 Å². The van der Waals surface area contributed by atoms with E-state index in [9.17, 15) is 14.4 Å². The third-order valence-electron chi connectivity index (χ3n) is 4.97. The summed E-state index contributed by atoms with van der Waals surface area (Å²) in [5, 5.41) is 0. The van der Waals surface area contributed by atoms with E-state index in [1.54, 1.807) is 54.6 Å². The van der Waals surface area contributed by atoms with Crippen LogP contribution in [0.5, 0.6) is 0 Å². The lowest BCUT2D eigenvalue weighted by Crippen LogP contribution is -2.09. The molecule has 0 spiro atoms. The molecule has 0 aliphatic carbocycles. The summed E-state index contributed by atoms with van der Waals surface area (Å²) in [6, 6.07) is 14.6. The summed E-state index contributed by atoms with van der Waals surface area (Å²) in [6.45, 7) is -0.0875. The molecule has 9 nitrogen and oxygen atoms in total. The number of hydrogen-bond acceptors (Lipinski definition) is 9. The molecule has 0 atom stereocenters. The summed E-state index contributed by atoms with van der Waals surface area (Å²) in [4.78, 5) is 48.7. The molecule has 36 heavy (non-hydrogen) atoms. The zero-order chi connectivity index (χ0) is 25.2. The summed E-state index contributed by atoms with van der Waals surface area (Å²) < 4.78 is 16.3. The van der Waals surface area contributed by atoms with Gasteiger partial charge in [0.15, 0.2) is 0 Å². The molecule has 0 radical (unpaired) electrons. The van der Waals surface area contributed by atoms with Crippen molar-refractivity contribution in [2.75, 3.05) is 0 Å². The zero-order valence-corrected chi connectivity index (χ0v) is 19.1. The van der Waals surface area contributed by atoms with Crippen LogP contribution in [0.2, 0.25) is 0 Å². The summed E-state index contributed by atoms with van der Waals surface area (Å²) in [7, 11) is 0. The second-order valence-corrected chi connectivity index (χ2v) is 7.59. The summed E-state index contributed by atoms with van der Waals surface area (Å²) >= 11 is 0. The van der Waals surface area contributed by atoms with Crippen LogP contribution in [0.3, 0.4) is 0 Å². The van der Waals surface area contributed by atoms with Gasteiger partial charge in [-0.1, -0.05) is 0 Å². The number of carbonyl (C=O) groups is 3. The van der Waals surface area contributed by atoms with Crippen LogP contribution in [0, 0.1) is 0 Å². The number of carbonyl (C=O) groups excluding carboxylic acids is 3. The van der Waals surface area contributed by atoms with Crippen molar-refractivity contribution in [2.45, 2.75) is 19.8 Å². The second kappa shape index (κ2) is 12.0. The Morgan fingerprint density at radius 2 is 0.722 bits per heavy atom. The highest BCUT2D eigenvalue weighted by Crippen LogP contribution is 2.16. The maximum absolute atomic E-state index is 12.3. The third kappa shape index (κ3) is 6.80. The van der Waals surface area contributed by atoms with Crippen LogP contribution in [-0.2, 0) is 34.0 Å². The Balaban J connectivity index is 1.47. The first-order valence-electron chi connectivity index (χ1n) is 10.9. The smallest absolute Gasteiger partial charge is 0.338 e. The van der Waals surface area contributed by atoms with Gasteiger partial charge in [-0.05, 0) is 71.3 Å². The Morgan fingerprint density at radius 3 is 0.972 bits per heavy atom. The Labute approximate surface area is 206 Å². The molecule has 0 saturated heterocycles. The van der Waals surface area contributed by atoms with Crippen LogP contribution in [0.1, 0.15) is 47.8 Å². The van der Waals surface area contributed by atoms with Crippen LogP contribution in [0.25, 0.3) is 0 Å². The number of aromatic nitrogens is 3. The van der Waals surface area contributed by atoms with Gasteiger partial charge in [0.25, 0.3) is 0 Å². The Hall–Kier alpha value is -4.92. The largest absolute Gasteiger partial charge is 0.457 e. The minimum absolute atomic E-state index is 0.0292. The lowest BCUT2D eigenvalue weighted by atomic mass is 10.1. The fourth-order valence-corrected chi connectivity index (χ4v) is 3.25. The van der Waals surface area contributed by atoms with E-state index in [1.807, 2.05) is 0 Å². The maximum Gasteiger partial charge on any atom is 0.338 e. The molecule has 0 aliphatic rings. The van der Waals surface area contributed by atoms with E-state index in [0.29, 0.717) is 33.4 Å². The van der Waals surface area contributed by atoms with E-state index in [-0.39, 0.29) is 19.8 Å². The van der Waals surface area contributed by atoms with Crippen LogP contribution in [-0.4, -0.2) is 32.9 Å². The second-order valence-electron chi connectivity index (χ2n) is 7.59. The molecule has 3 heterocycles. The lowest BCUT2D eigenvalue weighted by Gasteiger charge is -2.12. The van der Waals surface area contributed by atoms with Crippen LogP contribution in [0.15, 0.2) is 91.8 Å². The predicted octanol–water partition coefficient (Wildman–Crippen LogP) is 3.94. The van der Waals surface area contributed by atoms with Gasteiger partial charge in [-0.2, -0.15) is 0 Å². The third-order valence-corrected chi connectivity index (χ3v) is 4.97. The number of pyridine rings is 3. The van der Waals surface area contributed by atoms with Gasteiger partial charge in [0.05, 0.1) is 16.7 Å². The average Bonchev–Trinajstić information content (AvgIpc) is 2.94. The van der Waals surface area contributed by atoms with Crippen molar-refractivity contribution >= 4 is 17.9 Å². The van der Waals surface area contributed by atoms with E-state index < -0.39 is 17.9 Å². The molecule has 0 bridgehead atoms. The minimum Gasteiger partial charge on any atom is -0.457 e. The van der Waals surface area contributed by atoms with Crippen molar-refractivity contribution in [3.05, 3.63) is 125 Å². The SMILES string of the molecule is O=C(OCc1cc(COC(=O)c2ccncc2)cc(COC(=O)c2ccncc2)c1)c1ccncc1. The fraction of sp³-hybridized carbons (Fsp3) is 0.111. The first-order valence-corrected chi connectivity index (χ1v) is 10.9. The van der Waals surface area contributed by atoms with Crippen LogP contribution < -0.4 is 0 Å². The average molecular weight is 483 g/mol. The molecule has 180 valence electrons. The Bertz CT molecular complexity index is 1150. The zero-order valence-electron chi connectivity index (χ0n) is 19.1. The quantitative estimate of drug-likeness (QED) is 0.258. The number of nitrogens with zero attached hydrogens (tertiary/aromatic N) is 3. The van der Waals surface area contributed by atoms with Crippen molar-refractivity contribution in [1.29, 1.82) is 0 Å². The van der Waals surface area contributed by atoms with Crippen molar-refractivity contribution in [3.63, 3.8) is 0 Å². The molecular weight excluding hydrogens is 462 g/mol. The topological polar surface area (TPSA) is 118 Å². The molecule has 9 heteroatoms. The van der Waals surface area contributed by atoms with E-state index in [1.165, 1.54) is 37.2 Å². The molecule has 1 aromatic carbocycles. The standard InChI is InChI=1S/C27H21N3O6/c31-25(22-1-7-28-8-2-22)34-16-19-13-20(17-35-26(32)23-3-9-29-10-4-23)15-21(14-19)18-36-27(33)24-5-11-30-12-6-24/h1-15H,16-18H2. The van der Waals surface area contributed by atoms with E-state index in [4.69, 9.17) is 14.2 Å². The Morgan fingerprint density at radius 1 is 0.472 bits per heavy atom. The monoisotopic (exact) mass is 483 g/mol. The van der Waals surface area contributed by atoms with Crippen molar-refractivity contribution in [1.82, 2.24) is 15.0 Å². The summed E-state index contributed by atoms with van der Waals surface area (Å²) in [5.74, 6) is -1.51. The number of hydrogen-bond donors (Lipinski definition) is 0. The van der Waals surface area contributed by atoms with Gasteiger partial charge in [0.2, 0.25) is 0 Å². The van der Waals surface area contributed by atoms with Gasteiger partial charge in [0, 0.05) is 37.2 Å². The highest BCUT2D eigenvalue weighted by molar-refractivity contribution is 5.90. The first-order chi connectivity index (χ1) is 17.6. The predicted molar refractivity (Wildman–Crippen MR) is 127 cm³/mol. The molecule has 0 unspecified atom stereocenters. The number of rotatable bonds is 9. The van der Waals surface area contributed by atoms with Gasteiger partial charge in [-0.15, -0.1) is 0 Å². The van der Waals surface area contributed by atoms with Gasteiger partial charge in [0.1, 0.15) is 19.8 Å². The van der Waals surface area contributed by atoms with Gasteiger partial charge in [-0.25, -0.2) is 14.4 Å². The molecule has 0 aliphatic heterocycles. The van der Waals surface area contributed by atoms with Gasteiger partial charge < -0.3 is 14.2 Å². The summed E-state index contributed by atoms with van der Waals surface area (Å²) in [5.41, 5.74) is 3.05. The minimum atomic E-state index is -0.502. The molecule has 3 aromatic heterocycles.